The number of fused-ring (bicyclic) bond motifs is 1. The van der Waals surface area contributed by atoms with Gasteiger partial charge in [0.1, 0.15) is 0 Å². The molecule has 2 aromatic rings. The van der Waals surface area contributed by atoms with Crippen molar-refractivity contribution in [3.8, 4) is 0 Å². The van der Waals surface area contributed by atoms with E-state index in [9.17, 15) is 4.39 Å². The Labute approximate surface area is 129 Å². The standard InChI is InChI=1S/C16H20FN5/c1-3-12(17)14-20-15(18)22-16(21-14)19-13-7-6-10-5-4-9(2)8-11(10)13/h4-5,8,12-13H,3,6-7H2,1-2H3,(H3,18,19,20,21,22)/t12?,13-/m1/s1. The zero-order chi connectivity index (χ0) is 15.7. The quantitative estimate of drug-likeness (QED) is 0.906. The minimum absolute atomic E-state index is 0.0473. The summed E-state index contributed by atoms with van der Waals surface area (Å²) in [5.74, 6) is 0.490. The van der Waals surface area contributed by atoms with Crippen molar-refractivity contribution < 1.29 is 4.39 Å². The Morgan fingerprint density at radius 2 is 2.18 bits per heavy atom. The van der Waals surface area contributed by atoms with E-state index >= 15 is 0 Å². The number of benzene rings is 1. The molecule has 0 saturated carbocycles. The van der Waals surface area contributed by atoms with Gasteiger partial charge in [0.05, 0.1) is 6.04 Å². The van der Waals surface area contributed by atoms with E-state index in [0.29, 0.717) is 12.4 Å². The zero-order valence-electron chi connectivity index (χ0n) is 12.8. The molecular formula is C16H20FN5. The van der Waals surface area contributed by atoms with Gasteiger partial charge in [0, 0.05) is 0 Å². The van der Waals surface area contributed by atoms with Crippen molar-refractivity contribution in [1.82, 2.24) is 15.0 Å². The third-order valence-corrected chi connectivity index (χ3v) is 3.99. The maximum absolute atomic E-state index is 13.8. The molecule has 3 rings (SSSR count). The first-order chi connectivity index (χ1) is 10.6. The number of alkyl halides is 1. The molecule has 1 aromatic carbocycles. The summed E-state index contributed by atoms with van der Waals surface area (Å²) >= 11 is 0. The predicted molar refractivity (Wildman–Crippen MR) is 84.2 cm³/mol. The minimum Gasteiger partial charge on any atom is -0.368 e. The fourth-order valence-corrected chi connectivity index (χ4v) is 2.82. The van der Waals surface area contributed by atoms with Crippen LogP contribution in [0.15, 0.2) is 18.2 Å². The van der Waals surface area contributed by atoms with E-state index in [-0.39, 0.29) is 17.8 Å². The molecule has 116 valence electrons. The summed E-state index contributed by atoms with van der Waals surface area (Å²) in [6, 6.07) is 6.59. The normalized spacial score (nSPS) is 18.0. The molecule has 0 saturated heterocycles. The zero-order valence-corrected chi connectivity index (χ0v) is 12.8. The molecule has 0 spiro atoms. The molecule has 0 aliphatic heterocycles. The van der Waals surface area contributed by atoms with Crippen LogP contribution in [0.2, 0.25) is 0 Å². The SMILES string of the molecule is CCC(F)c1nc(N)nc(N[C@@H]2CCc3ccc(C)cc32)n1. The van der Waals surface area contributed by atoms with Crippen molar-refractivity contribution in [3.05, 3.63) is 40.7 Å². The van der Waals surface area contributed by atoms with Gasteiger partial charge >= 0.3 is 0 Å². The number of halogens is 1. The maximum atomic E-state index is 13.8. The second-order valence-corrected chi connectivity index (χ2v) is 5.69. The van der Waals surface area contributed by atoms with Crippen LogP contribution < -0.4 is 11.1 Å². The largest absolute Gasteiger partial charge is 0.368 e. The molecule has 2 atom stereocenters. The molecule has 5 nitrogen and oxygen atoms in total. The van der Waals surface area contributed by atoms with Crippen molar-refractivity contribution in [3.63, 3.8) is 0 Å². The molecule has 0 fully saturated rings. The lowest BCUT2D eigenvalue weighted by Gasteiger charge is -2.15. The lowest BCUT2D eigenvalue weighted by Crippen LogP contribution is -2.14. The fourth-order valence-electron chi connectivity index (χ4n) is 2.82. The van der Waals surface area contributed by atoms with Crippen LogP contribution in [0.1, 0.15) is 54.5 Å². The number of nitrogens with two attached hydrogens (primary N) is 1. The van der Waals surface area contributed by atoms with E-state index in [4.69, 9.17) is 5.73 Å². The van der Waals surface area contributed by atoms with Gasteiger partial charge in [-0.15, -0.1) is 0 Å². The molecule has 3 N–H and O–H groups in total. The molecule has 6 heteroatoms. The second-order valence-electron chi connectivity index (χ2n) is 5.69. The Kier molecular flexibility index (Phi) is 3.92. The van der Waals surface area contributed by atoms with Crippen molar-refractivity contribution in [2.75, 3.05) is 11.1 Å². The Morgan fingerprint density at radius 3 is 2.95 bits per heavy atom. The Balaban J connectivity index is 1.86. The number of nitrogen functional groups attached to an aromatic ring is 1. The van der Waals surface area contributed by atoms with Crippen LogP contribution in [0.25, 0.3) is 0 Å². The van der Waals surface area contributed by atoms with Gasteiger partial charge in [0.25, 0.3) is 0 Å². The van der Waals surface area contributed by atoms with E-state index < -0.39 is 6.17 Å². The molecule has 1 unspecified atom stereocenters. The van der Waals surface area contributed by atoms with Crippen molar-refractivity contribution in [1.29, 1.82) is 0 Å². The summed E-state index contributed by atoms with van der Waals surface area (Å²) in [7, 11) is 0. The molecular weight excluding hydrogens is 281 g/mol. The van der Waals surface area contributed by atoms with E-state index in [1.54, 1.807) is 6.92 Å². The van der Waals surface area contributed by atoms with Gasteiger partial charge in [-0.2, -0.15) is 15.0 Å². The first-order valence-corrected chi connectivity index (χ1v) is 7.58. The summed E-state index contributed by atoms with van der Waals surface area (Å²) in [5, 5.41) is 3.28. The van der Waals surface area contributed by atoms with Gasteiger partial charge in [-0.05, 0) is 37.3 Å². The van der Waals surface area contributed by atoms with Crippen molar-refractivity contribution in [2.24, 2.45) is 0 Å². The maximum Gasteiger partial charge on any atom is 0.228 e. The van der Waals surface area contributed by atoms with Crippen LogP contribution >= 0.6 is 0 Å². The second kappa shape index (κ2) is 5.87. The average molecular weight is 301 g/mol. The van der Waals surface area contributed by atoms with Crippen LogP contribution in [0.5, 0.6) is 0 Å². The van der Waals surface area contributed by atoms with Crippen molar-refractivity contribution in [2.45, 2.75) is 45.3 Å². The lowest BCUT2D eigenvalue weighted by molar-refractivity contribution is 0.318. The van der Waals surface area contributed by atoms with Gasteiger partial charge in [0.2, 0.25) is 11.9 Å². The highest BCUT2D eigenvalue weighted by molar-refractivity contribution is 5.43. The van der Waals surface area contributed by atoms with Gasteiger partial charge < -0.3 is 11.1 Å². The molecule has 0 bridgehead atoms. The van der Waals surface area contributed by atoms with Gasteiger partial charge in [-0.25, -0.2) is 4.39 Å². The molecule has 0 radical (unpaired) electrons. The summed E-state index contributed by atoms with van der Waals surface area (Å²) in [6.45, 7) is 3.82. The van der Waals surface area contributed by atoms with Crippen LogP contribution in [0.4, 0.5) is 16.3 Å². The molecule has 22 heavy (non-hydrogen) atoms. The summed E-state index contributed by atoms with van der Waals surface area (Å²) < 4.78 is 13.8. The number of nitrogens with one attached hydrogen (secondary N) is 1. The number of rotatable bonds is 4. The van der Waals surface area contributed by atoms with Crippen molar-refractivity contribution >= 4 is 11.9 Å². The van der Waals surface area contributed by atoms with Crippen LogP contribution in [0, 0.1) is 6.92 Å². The number of aromatic nitrogens is 3. The van der Waals surface area contributed by atoms with Crippen LogP contribution in [-0.2, 0) is 6.42 Å². The minimum atomic E-state index is -1.22. The fraction of sp³-hybridized carbons (Fsp3) is 0.438. The van der Waals surface area contributed by atoms with Gasteiger partial charge in [-0.1, -0.05) is 30.7 Å². The molecule has 1 aliphatic rings. The summed E-state index contributed by atoms with van der Waals surface area (Å²) in [5.41, 5.74) is 9.49. The van der Waals surface area contributed by atoms with E-state index in [1.165, 1.54) is 16.7 Å². The number of hydrogen-bond acceptors (Lipinski definition) is 5. The van der Waals surface area contributed by atoms with Crippen LogP contribution in [-0.4, -0.2) is 15.0 Å². The van der Waals surface area contributed by atoms with Crippen LogP contribution in [0.3, 0.4) is 0 Å². The smallest absolute Gasteiger partial charge is 0.228 e. The van der Waals surface area contributed by atoms with E-state index in [2.05, 4.69) is 45.4 Å². The first kappa shape index (κ1) is 14.7. The van der Waals surface area contributed by atoms with Gasteiger partial charge in [-0.3, -0.25) is 0 Å². The molecule has 1 aliphatic carbocycles. The highest BCUT2D eigenvalue weighted by Crippen LogP contribution is 2.34. The molecule has 1 heterocycles. The van der Waals surface area contributed by atoms with E-state index in [0.717, 1.165) is 12.8 Å². The highest BCUT2D eigenvalue weighted by atomic mass is 19.1. The highest BCUT2D eigenvalue weighted by Gasteiger charge is 2.24. The van der Waals surface area contributed by atoms with E-state index in [1.807, 2.05) is 0 Å². The Bertz CT molecular complexity index is 688. The number of anilines is 2. The first-order valence-electron chi connectivity index (χ1n) is 7.58. The Hall–Kier alpha value is -2.24. The predicted octanol–water partition coefficient (Wildman–Crippen LogP) is 3.28. The number of hydrogen-bond donors (Lipinski definition) is 2. The molecule has 0 amide bonds. The lowest BCUT2D eigenvalue weighted by atomic mass is 10.1. The number of aryl methyl sites for hydroxylation is 2. The third kappa shape index (κ3) is 2.86. The average Bonchev–Trinajstić information content (AvgIpc) is 2.88. The Morgan fingerprint density at radius 1 is 1.36 bits per heavy atom. The molecule has 1 aromatic heterocycles. The topological polar surface area (TPSA) is 76.7 Å². The summed E-state index contributed by atoms with van der Waals surface area (Å²) in [6.07, 6.45) is 1.08. The van der Waals surface area contributed by atoms with Gasteiger partial charge in [0.15, 0.2) is 12.0 Å². The number of nitrogens with zero attached hydrogens (tertiary/aromatic N) is 3. The summed E-state index contributed by atoms with van der Waals surface area (Å²) in [4.78, 5) is 12.1. The third-order valence-electron chi connectivity index (χ3n) is 3.99. The monoisotopic (exact) mass is 301 g/mol.